The minimum absolute atomic E-state index is 0.00722. The summed E-state index contributed by atoms with van der Waals surface area (Å²) in [6, 6.07) is 17.5. The van der Waals surface area contributed by atoms with Crippen molar-refractivity contribution >= 4 is 27.5 Å². The molecule has 0 bridgehead atoms. The van der Waals surface area contributed by atoms with Crippen LogP contribution >= 0.6 is 15.9 Å². The Morgan fingerprint density at radius 1 is 0.944 bits per heavy atom. The standard InChI is InChI=1S/C15H14BrNO/c16-11-13-6-8-14(9-7-13)17-15(18)10-12-4-2-1-3-5-12/h1-9H,10-11H2,(H,17,18). The number of halogens is 1. The zero-order valence-corrected chi connectivity index (χ0v) is 11.5. The first-order valence-electron chi connectivity index (χ1n) is 5.76. The minimum Gasteiger partial charge on any atom is -0.326 e. The van der Waals surface area contributed by atoms with E-state index in [1.165, 1.54) is 5.56 Å². The van der Waals surface area contributed by atoms with Crippen LogP contribution in [0, 0.1) is 0 Å². The summed E-state index contributed by atoms with van der Waals surface area (Å²) in [6.45, 7) is 0. The molecule has 0 saturated heterocycles. The molecule has 0 fully saturated rings. The highest BCUT2D eigenvalue weighted by atomic mass is 79.9. The van der Waals surface area contributed by atoms with Gasteiger partial charge in [-0.15, -0.1) is 0 Å². The van der Waals surface area contributed by atoms with Gasteiger partial charge in [-0.2, -0.15) is 0 Å². The van der Waals surface area contributed by atoms with E-state index in [1.54, 1.807) is 0 Å². The molecule has 3 heteroatoms. The van der Waals surface area contributed by atoms with Crippen LogP contribution in [0.15, 0.2) is 54.6 Å². The van der Waals surface area contributed by atoms with Crippen LogP contribution in [0.2, 0.25) is 0 Å². The molecule has 92 valence electrons. The van der Waals surface area contributed by atoms with Gasteiger partial charge in [0.1, 0.15) is 0 Å². The van der Waals surface area contributed by atoms with Gasteiger partial charge in [0, 0.05) is 11.0 Å². The molecule has 0 saturated carbocycles. The van der Waals surface area contributed by atoms with E-state index < -0.39 is 0 Å². The quantitative estimate of drug-likeness (QED) is 0.856. The molecule has 0 atom stereocenters. The van der Waals surface area contributed by atoms with E-state index in [-0.39, 0.29) is 5.91 Å². The third-order valence-electron chi connectivity index (χ3n) is 2.60. The second-order valence-electron chi connectivity index (χ2n) is 4.04. The molecule has 0 aromatic heterocycles. The van der Waals surface area contributed by atoms with Crippen LogP contribution in [0.4, 0.5) is 5.69 Å². The predicted molar refractivity (Wildman–Crippen MR) is 77.8 cm³/mol. The van der Waals surface area contributed by atoms with Crippen LogP contribution in [0.25, 0.3) is 0 Å². The van der Waals surface area contributed by atoms with Gasteiger partial charge in [-0.05, 0) is 23.3 Å². The molecule has 0 aliphatic rings. The van der Waals surface area contributed by atoms with Crippen molar-refractivity contribution in [3.05, 3.63) is 65.7 Å². The van der Waals surface area contributed by atoms with E-state index in [2.05, 4.69) is 21.2 Å². The maximum Gasteiger partial charge on any atom is 0.228 e. The molecular formula is C15H14BrNO. The summed E-state index contributed by atoms with van der Waals surface area (Å²) in [4.78, 5) is 11.8. The molecule has 0 spiro atoms. The largest absolute Gasteiger partial charge is 0.326 e. The highest BCUT2D eigenvalue weighted by molar-refractivity contribution is 9.08. The monoisotopic (exact) mass is 303 g/mol. The first kappa shape index (κ1) is 12.8. The smallest absolute Gasteiger partial charge is 0.228 e. The lowest BCUT2D eigenvalue weighted by molar-refractivity contribution is -0.115. The molecule has 2 nitrogen and oxygen atoms in total. The molecular weight excluding hydrogens is 290 g/mol. The lowest BCUT2D eigenvalue weighted by Gasteiger charge is -2.06. The molecule has 1 amide bonds. The summed E-state index contributed by atoms with van der Waals surface area (Å²) < 4.78 is 0. The first-order chi connectivity index (χ1) is 8.78. The Morgan fingerprint density at radius 2 is 1.61 bits per heavy atom. The third-order valence-corrected chi connectivity index (χ3v) is 3.25. The molecule has 2 rings (SSSR count). The fraction of sp³-hybridized carbons (Fsp3) is 0.133. The summed E-state index contributed by atoms with van der Waals surface area (Å²) >= 11 is 3.39. The highest BCUT2D eigenvalue weighted by Gasteiger charge is 2.03. The van der Waals surface area contributed by atoms with Gasteiger partial charge in [0.2, 0.25) is 5.91 Å². The number of benzene rings is 2. The topological polar surface area (TPSA) is 29.1 Å². The number of anilines is 1. The fourth-order valence-corrected chi connectivity index (χ4v) is 2.04. The van der Waals surface area contributed by atoms with E-state index in [1.807, 2.05) is 54.6 Å². The Kier molecular flexibility index (Phi) is 4.53. The van der Waals surface area contributed by atoms with Crippen molar-refractivity contribution in [1.29, 1.82) is 0 Å². The lowest BCUT2D eigenvalue weighted by atomic mass is 10.1. The first-order valence-corrected chi connectivity index (χ1v) is 6.89. The summed E-state index contributed by atoms with van der Waals surface area (Å²) in [7, 11) is 0. The average Bonchev–Trinajstić information content (AvgIpc) is 2.40. The average molecular weight is 304 g/mol. The maximum atomic E-state index is 11.8. The molecule has 0 aliphatic carbocycles. The van der Waals surface area contributed by atoms with Gasteiger partial charge in [0.25, 0.3) is 0 Å². The molecule has 0 radical (unpaired) electrons. The normalized spacial score (nSPS) is 10.1. The van der Waals surface area contributed by atoms with Crippen LogP contribution in [0.1, 0.15) is 11.1 Å². The molecule has 2 aromatic rings. The zero-order chi connectivity index (χ0) is 12.8. The third kappa shape index (κ3) is 3.70. The van der Waals surface area contributed by atoms with Crippen LogP contribution in [-0.2, 0) is 16.5 Å². The minimum atomic E-state index is 0.00722. The van der Waals surface area contributed by atoms with Gasteiger partial charge in [-0.1, -0.05) is 58.4 Å². The van der Waals surface area contributed by atoms with Gasteiger partial charge in [0.15, 0.2) is 0 Å². The number of nitrogens with one attached hydrogen (secondary N) is 1. The van der Waals surface area contributed by atoms with Crippen molar-refractivity contribution in [1.82, 2.24) is 0 Å². The van der Waals surface area contributed by atoms with Crippen molar-refractivity contribution in [2.45, 2.75) is 11.8 Å². The van der Waals surface area contributed by atoms with Gasteiger partial charge in [0.05, 0.1) is 6.42 Å². The molecule has 0 aliphatic heterocycles. The predicted octanol–water partition coefficient (Wildman–Crippen LogP) is 3.76. The number of hydrogen-bond acceptors (Lipinski definition) is 1. The SMILES string of the molecule is O=C(Cc1ccccc1)Nc1ccc(CBr)cc1. The zero-order valence-electron chi connectivity index (χ0n) is 9.90. The number of alkyl halides is 1. The number of amides is 1. The van der Waals surface area contributed by atoms with Crippen molar-refractivity contribution in [2.24, 2.45) is 0 Å². The van der Waals surface area contributed by atoms with E-state index in [0.717, 1.165) is 16.6 Å². The molecule has 1 N–H and O–H groups in total. The summed E-state index contributed by atoms with van der Waals surface area (Å²) in [5.74, 6) is 0.00722. The van der Waals surface area contributed by atoms with Crippen molar-refractivity contribution in [2.75, 3.05) is 5.32 Å². The Balaban J connectivity index is 1.94. The van der Waals surface area contributed by atoms with E-state index in [0.29, 0.717) is 6.42 Å². The Labute approximate surface area is 115 Å². The van der Waals surface area contributed by atoms with Crippen LogP contribution in [0.3, 0.4) is 0 Å². The van der Waals surface area contributed by atoms with Crippen molar-refractivity contribution in [3.63, 3.8) is 0 Å². The van der Waals surface area contributed by atoms with Gasteiger partial charge < -0.3 is 5.32 Å². The highest BCUT2D eigenvalue weighted by Crippen LogP contribution is 2.12. The Bertz CT molecular complexity index is 508. The van der Waals surface area contributed by atoms with E-state index in [4.69, 9.17) is 0 Å². The number of hydrogen-bond donors (Lipinski definition) is 1. The number of carbonyl (C=O) groups is 1. The molecule has 18 heavy (non-hydrogen) atoms. The van der Waals surface area contributed by atoms with E-state index in [9.17, 15) is 4.79 Å². The number of rotatable bonds is 4. The van der Waals surface area contributed by atoms with Crippen molar-refractivity contribution < 1.29 is 4.79 Å². The Morgan fingerprint density at radius 3 is 2.22 bits per heavy atom. The van der Waals surface area contributed by atoms with Crippen molar-refractivity contribution in [3.8, 4) is 0 Å². The molecule has 0 heterocycles. The lowest BCUT2D eigenvalue weighted by Crippen LogP contribution is -2.14. The second kappa shape index (κ2) is 6.36. The van der Waals surface area contributed by atoms with Gasteiger partial charge in [-0.3, -0.25) is 4.79 Å². The van der Waals surface area contributed by atoms with E-state index >= 15 is 0 Å². The van der Waals surface area contributed by atoms with Crippen LogP contribution in [0.5, 0.6) is 0 Å². The molecule has 0 unspecified atom stereocenters. The second-order valence-corrected chi connectivity index (χ2v) is 4.60. The summed E-state index contributed by atoms with van der Waals surface area (Å²) in [5, 5.41) is 3.71. The summed E-state index contributed by atoms with van der Waals surface area (Å²) in [6.07, 6.45) is 0.404. The van der Waals surface area contributed by atoms with Crippen LogP contribution in [-0.4, -0.2) is 5.91 Å². The summed E-state index contributed by atoms with van der Waals surface area (Å²) in [5.41, 5.74) is 3.05. The molecule has 2 aromatic carbocycles. The maximum absolute atomic E-state index is 11.8. The fourth-order valence-electron chi connectivity index (χ4n) is 1.66. The number of carbonyl (C=O) groups excluding carboxylic acids is 1. The van der Waals surface area contributed by atoms with Crippen LogP contribution < -0.4 is 5.32 Å². The van der Waals surface area contributed by atoms with Gasteiger partial charge in [-0.25, -0.2) is 0 Å². The Hall–Kier alpha value is -1.61. The van der Waals surface area contributed by atoms with Gasteiger partial charge >= 0.3 is 0 Å².